The first-order valence-corrected chi connectivity index (χ1v) is 13.2. The van der Waals surface area contributed by atoms with E-state index in [4.69, 9.17) is 9.47 Å². The average Bonchev–Trinajstić information content (AvgIpc) is 2.86. The second kappa shape index (κ2) is 11.4. The van der Waals surface area contributed by atoms with E-state index in [1.165, 1.54) is 16.7 Å². The predicted octanol–water partition coefficient (Wildman–Crippen LogP) is 6.98. The molecule has 0 unspecified atom stereocenters. The Morgan fingerprint density at radius 3 is 2.41 bits per heavy atom. The van der Waals surface area contributed by atoms with Gasteiger partial charge in [-0.05, 0) is 87.4 Å². The molecule has 0 radical (unpaired) electrons. The van der Waals surface area contributed by atoms with E-state index in [1.54, 1.807) is 0 Å². The van der Waals surface area contributed by atoms with Crippen LogP contribution < -0.4 is 9.47 Å². The van der Waals surface area contributed by atoms with E-state index in [9.17, 15) is 9.90 Å². The van der Waals surface area contributed by atoms with Crippen LogP contribution in [0.2, 0.25) is 0 Å². The standard InChI is InChI=1S/C33H38O4/c1-6-7-25-13-15-27(26(19-25)14-12-24-10-8-22(2)9-11-24)30(35)21-36-32-28-16-17-33(4,5)37-31(28)18-23(3)29(32)20-34/h8-11,13,15-19,34H,6-7,12,14,20-21H2,1-5H3. The van der Waals surface area contributed by atoms with Gasteiger partial charge >= 0.3 is 0 Å². The largest absolute Gasteiger partial charge is 0.484 e. The number of fused-ring (bicyclic) bond motifs is 1. The maximum absolute atomic E-state index is 13.5. The van der Waals surface area contributed by atoms with Crippen LogP contribution in [-0.4, -0.2) is 23.1 Å². The zero-order valence-corrected chi connectivity index (χ0v) is 22.7. The molecular weight excluding hydrogens is 460 g/mol. The van der Waals surface area contributed by atoms with Gasteiger partial charge in [-0.3, -0.25) is 4.79 Å². The predicted molar refractivity (Wildman–Crippen MR) is 150 cm³/mol. The van der Waals surface area contributed by atoms with E-state index >= 15 is 0 Å². The maximum Gasteiger partial charge on any atom is 0.200 e. The summed E-state index contributed by atoms with van der Waals surface area (Å²) in [6.07, 6.45) is 7.63. The van der Waals surface area contributed by atoms with Crippen LogP contribution >= 0.6 is 0 Å². The number of ketones is 1. The smallest absolute Gasteiger partial charge is 0.200 e. The zero-order chi connectivity index (χ0) is 26.6. The number of Topliss-reactive ketones (excluding diaryl/α,β-unsaturated/α-hetero) is 1. The second-order valence-corrected chi connectivity index (χ2v) is 10.5. The number of aliphatic hydroxyl groups is 1. The van der Waals surface area contributed by atoms with E-state index in [0.717, 1.165) is 42.4 Å². The van der Waals surface area contributed by atoms with Crippen LogP contribution in [0.4, 0.5) is 0 Å². The van der Waals surface area contributed by atoms with Gasteiger partial charge in [0.2, 0.25) is 0 Å². The molecule has 0 fully saturated rings. The molecule has 1 aliphatic rings. The van der Waals surface area contributed by atoms with Gasteiger partial charge in [0.05, 0.1) is 12.2 Å². The lowest BCUT2D eigenvalue weighted by Crippen LogP contribution is -2.28. The fourth-order valence-corrected chi connectivity index (χ4v) is 4.84. The molecule has 37 heavy (non-hydrogen) atoms. The van der Waals surface area contributed by atoms with Crippen LogP contribution in [0.5, 0.6) is 11.5 Å². The molecule has 3 aromatic carbocycles. The van der Waals surface area contributed by atoms with Crippen molar-refractivity contribution in [2.45, 2.75) is 72.5 Å². The Hall–Kier alpha value is -3.37. The van der Waals surface area contributed by atoms with Crippen LogP contribution in [0, 0.1) is 13.8 Å². The van der Waals surface area contributed by atoms with Crippen LogP contribution in [0.3, 0.4) is 0 Å². The van der Waals surface area contributed by atoms with E-state index in [2.05, 4.69) is 50.2 Å². The Labute approximate surface area is 221 Å². The van der Waals surface area contributed by atoms with Gasteiger partial charge in [-0.25, -0.2) is 0 Å². The number of carbonyl (C=O) groups excluding carboxylic acids is 1. The third-order valence-electron chi connectivity index (χ3n) is 6.95. The van der Waals surface area contributed by atoms with Gasteiger partial charge in [0, 0.05) is 11.1 Å². The summed E-state index contributed by atoms with van der Waals surface area (Å²) in [5.41, 5.74) is 7.39. The van der Waals surface area contributed by atoms with Gasteiger partial charge in [-0.15, -0.1) is 0 Å². The third-order valence-corrected chi connectivity index (χ3v) is 6.95. The molecular formula is C33H38O4. The van der Waals surface area contributed by atoms with Gasteiger partial charge in [-0.2, -0.15) is 0 Å². The Morgan fingerprint density at radius 1 is 0.973 bits per heavy atom. The van der Waals surface area contributed by atoms with Gasteiger partial charge in [-0.1, -0.05) is 61.4 Å². The lowest BCUT2D eigenvalue weighted by Gasteiger charge is -2.30. The minimum atomic E-state index is -0.431. The van der Waals surface area contributed by atoms with Crippen LogP contribution in [0.1, 0.15) is 76.5 Å². The minimum Gasteiger partial charge on any atom is -0.484 e. The Morgan fingerprint density at radius 2 is 1.70 bits per heavy atom. The van der Waals surface area contributed by atoms with E-state index < -0.39 is 5.60 Å². The molecule has 0 aliphatic carbocycles. The van der Waals surface area contributed by atoms with Crippen molar-refractivity contribution in [2.75, 3.05) is 6.61 Å². The topological polar surface area (TPSA) is 55.8 Å². The van der Waals surface area contributed by atoms with Crippen molar-refractivity contribution in [1.29, 1.82) is 0 Å². The molecule has 4 rings (SSSR count). The summed E-state index contributed by atoms with van der Waals surface area (Å²) >= 11 is 0. The highest BCUT2D eigenvalue weighted by atomic mass is 16.5. The lowest BCUT2D eigenvalue weighted by atomic mass is 9.94. The normalized spacial score (nSPS) is 13.7. The van der Waals surface area contributed by atoms with Gasteiger partial charge in [0.25, 0.3) is 0 Å². The number of hydrogen-bond donors (Lipinski definition) is 1. The molecule has 0 spiro atoms. The van der Waals surface area contributed by atoms with Crippen LogP contribution in [0.15, 0.2) is 54.6 Å². The number of rotatable bonds is 10. The molecule has 194 valence electrons. The number of benzene rings is 3. The van der Waals surface area contributed by atoms with E-state index in [0.29, 0.717) is 22.6 Å². The van der Waals surface area contributed by atoms with Gasteiger partial charge in [0.15, 0.2) is 12.4 Å². The van der Waals surface area contributed by atoms with Crippen molar-refractivity contribution in [3.8, 4) is 11.5 Å². The molecule has 4 heteroatoms. The second-order valence-electron chi connectivity index (χ2n) is 10.5. The quantitative estimate of drug-likeness (QED) is 0.306. The van der Waals surface area contributed by atoms with Gasteiger partial charge in [0.1, 0.15) is 17.1 Å². The number of carbonyl (C=O) groups is 1. The summed E-state index contributed by atoms with van der Waals surface area (Å²) in [4.78, 5) is 13.5. The lowest BCUT2D eigenvalue weighted by molar-refractivity contribution is 0.0916. The summed E-state index contributed by atoms with van der Waals surface area (Å²) in [7, 11) is 0. The summed E-state index contributed by atoms with van der Waals surface area (Å²) in [6, 6.07) is 16.7. The van der Waals surface area contributed by atoms with Crippen molar-refractivity contribution >= 4 is 11.9 Å². The number of hydrogen-bond acceptors (Lipinski definition) is 4. The van der Waals surface area contributed by atoms with E-state index in [1.807, 2.05) is 45.1 Å². The molecule has 0 saturated heterocycles. The molecule has 0 amide bonds. The minimum absolute atomic E-state index is 0.0675. The monoisotopic (exact) mass is 498 g/mol. The van der Waals surface area contributed by atoms with Crippen LogP contribution in [-0.2, 0) is 25.9 Å². The van der Waals surface area contributed by atoms with Crippen molar-refractivity contribution < 1.29 is 19.4 Å². The highest BCUT2D eigenvalue weighted by Gasteiger charge is 2.27. The first-order valence-electron chi connectivity index (χ1n) is 13.2. The highest BCUT2D eigenvalue weighted by molar-refractivity contribution is 5.98. The van der Waals surface area contributed by atoms with Gasteiger partial charge < -0.3 is 14.6 Å². The molecule has 1 aliphatic heterocycles. The number of ether oxygens (including phenoxy) is 2. The van der Waals surface area contributed by atoms with E-state index in [-0.39, 0.29) is 19.0 Å². The third kappa shape index (κ3) is 6.31. The summed E-state index contributed by atoms with van der Waals surface area (Å²) in [5, 5.41) is 10.1. The molecule has 0 saturated carbocycles. The summed E-state index contributed by atoms with van der Waals surface area (Å²) in [5.74, 6) is 1.15. The highest BCUT2D eigenvalue weighted by Crippen LogP contribution is 2.41. The molecule has 0 atom stereocenters. The van der Waals surface area contributed by atoms with Crippen molar-refractivity contribution in [3.63, 3.8) is 0 Å². The maximum atomic E-state index is 13.5. The van der Waals surface area contributed by atoms with Crippen molar-refractivity contribution in [2.24, 2.45) is 0 Å². The molecule has 0 aromatic heterocycles. The zero-order valence-electron chi connectivity index (χ0n) is 22.7. The molecule has 3 aromatic rings. The summed E-state index contributed by atoms with van der Waals surface area (Å²) in [6.45, 7) is 9.88. The first-order chi connectivity index (χ1) is 17.7. The Bertz CT molecular complexity index is 1300. The molecule has 4 nitrogen and oxygen atoms in total. The molecule has 0 bridgehead atoms. The van der Waals surface area contributed by atoms with Crippen molar-refractivity contribution in [3.05, 3.63) is 99.1 Å². The number of aliphatic hydroxyl groups excluding tert-OH is 1. The fourth-order valence-electron chi connectivity index (χ4n) is 4.84. The van der Waals surface area contributed by atoms with Crippen LogP contribution in [0.25, 0.3) is 6.08 Å². The fraction of sp³-hybridized carbons (Fsp3) is 0.364. The SMILES string of the molecule is CCCc1ccc(C(=O)COc2c3c(cc(C)c2CO)OC(C)(C)C=C3)c(CCc2ccc(C)cc2)c1. The molecule has 1 N–H and O–H groups in total. The van der Waals surface area contributed by atoms with Crippen molar-refractivity contribution in [1.82, 2.24) is 0 Å². The first kappa shape index (κ1) is 26.7. The Balaban J connectivity index is 1.59. The summed E-state index contributed by atoms with van der Waals surface area (Å²) < 4.78 is 12.3. The number of aryl methyl sites for hydroxylation is 5. The Kier molecular flexibility index (Phi) is 8.19. The average molecular weight is 499 g/mol. The molecule has 1 heterocycles.